The highest BCUT2D eigenvalue weighted by Crippen LogP contribution is 2.56. The Balaban J connectivity index is 1.97. The first kappa shape index (κ1) is 20.5. The van der Waals surface area contributed by atoms with Crippen LogP contribution in [-0.2, 0) is 10.7 Å². The molecule has 0 aliphatic carbocycles. The summed E-state index contributed by atoms with van der Waals surface area (Å²) in [6.45, 7) is 4.33. The number of hydrogen-bond donors (Lipinski definition) is 1. The summed E-state index contributed by atoms with van der Waals surface area (Å²) in [5, 5.41) is 10.8. The lowest BCUT2D eigenvalue weighted by molar-refractivity contribution is 0.257. The lowest BCUT2D eigenvalue weighted by Gasteiger charge is -2.38. The lowest BCUT2D eigenvalue weighted by Crippen LogP contribution is -2.29. The van der Waals surface area contributed by atoms with Crippen LogP contribution in [0.3, 0.4) is 0 Å². The van der Waals surface area contributed by atoms with E-state index in [9.17, 15) is 5.11 Å². The minimum Gasteiger partial charge on any atom is -0.507 e. The van der Waals surface area contributed by atoms with Crippen LogP contribution in [0.25, 0.3) is 11.1 Å². The molecule has 146 valence electrons. The molecule has 2 aromatic rings. The van der Waals surface area contributed by atoms with Gasteiger partial charge < -0.3 is 9.84 Å². The van der Waals surface area contributed by atoms with Crippen molar-refractivity contribution in [2.75, 3.05) is 12.5 Å². The fraction of sp³-hybridized carbons (Fsp3) is 0.478. The molecule has 1 aliphatic rings. The summed E-state index contributed by atoms with van der Waals surface area (Å²) in [5.74, 6) is 1.14. The second-order valence-electron chi connectivity index (χ2n) is 7.27. The zero-order valence-corrected chi connectivity index (χ0v) is 18.4. The van der Waals surface area contributed by atoms with Gasteiger partial charge in [-0.3, -0.25) is 0 Å². The van der Waals surface area contributed by atoms with Crippen LogP contribution >= 0.6 is 23.5 Å². The van der Waals surface area contributed by atoms with Crippen LogP contribution in [0.1, 0.15) is 55.7 Å². The van der Waals surface area contributed by atoms with Crippen LogP contribution in [0.4, 0.5) is 0 Å². The minimum absolute atomic E-state index is 0.332. The van der Waals surface area contributed by atoms with Gasteiger partial charge in [-0.05, 0) is 55.5 Å². The average molecular weight is 403 g/mol. The maximum atomic E-state index is 10.8. The highest BCUT2D eigenvalue weighted by atomic mass is 32.2. The predicted octanol–water partition coefficient (Wildman–Crippen LogP) is 7.11. The number of unbranched alkanes of at least 4 members (excludes halogenated alkanes) is 4. The molecular weight excluding hydrogens is 372 g/mol. The Hall–Kier alpha value is -1.26. The molecule has 0 aromatic heterocycles. The zero-order valence-electron chi connectivity index (χ0n) is 16.8. The molecular formula is C23H30O2S2. The molecule has 0 atom stereocenters. The number of phenolic OH excluding ortho intramolecular Hbond substituents is 1. The van der Waals surface area contributed by atoms with Crippen molar-refractivity contribution in [2.45, 2.75) is 56.6 Å². The fourth-order valence-electron chi connectivity index (χ4n) is 3.80. The molecule has 1 aliphatic heterocycles. The number of thioether (sulfide) groups is 2. The van der Waals surface area contributed by atoms with Gasteiger partial charge >= 0.3 is 0 Å². The van der Waals surface area contributed by atoms with Gasteiger partial charge in [0.05, 0.1) is 5.56 Å². The minimum atomic E-state index is -0.470. The highest BCUT2D eigenvalue weighted by Gasteiger charge is 2.41. The molecule has 0 amide bonds. The van der Waals surface area contributed by atoms with E-state index in [2.05, 4.69) is 50.6 Å². The quantitative estimate of drug-likeness (QED) is 0.376. The van der Waals surface area contributed by atoms with Gasteiger partial charge in [-0.25, -0.2) is 0 Å². The fourth-order valence-corrected chi connectivity index (χ4v) is 5.61. The van der Waals surface area contributed by atoms with Gasteiger partial charge in [0.25, 0.3) is 0 Å². The second-order valence-corrected chi connectivity index (χ2v) is 9.49. The van der Waals surface area contributed by atoms with Gasteiger partial charge in [0.15, 0.2) is 0 Å². The first-order valence-electron chi connectivity index (χ1n) is 9.81. The van der Waals surface area contributed by atoms with E-state index in [1.807, 2.05) is 6.07 Å². The molecule has 2 aromatic carbocycles. The Kier molecular flexibility index (Phi) is 6.69. The molecule has 0 saturated carbocycles. The van der Waals surface area contributed by atoms with Gasteiger partial charge in [-0.1, -0.05) is 56.4 Å². The van der Waals surface area contributed by atoms with E-state index in [4.69, 9.17) is 4.74 Å². The Labute approximate surface area is 172 Å². The van der Waals surface area contributed by atoms with E-state index in [-0.39, 0.29) is 0 Å². The highest BCUT2D eigenvalue weighted by molar-refractivity contribution is 8.16. The summed E-state index contributed by atoms with van der Waals surface area (Å²) in [7, 11) is 0. The Morgan fingerprint density at radius 3 is 2.44 bits per heavy atom. The Morgan fingerprint density at radius 1 is 1.00 bits per heavy atom. The van der Waals surface area contributed by atoms with E-state index >= 15 is 0 Å². The smallest absolute Gasteiger partial charge is 0.227 e. The Bertz CT molecular complexity index is 797. The van der Waals surface area contributed by atoms with Crippen molar-refractivity contribution in [2.24, 2.45) is 0 Å². The second kappa shape index (κ2) is 8.83. The largest absolute Gasteiger partial charge is 0.507 e. The van der Waals surface area contributed by atoms with Crippen molar-refractivity contribution in [1.82, 2.24) is 0 Å². The van der Waals surface area contributed by atoms with Crippen molar-refractivity contribution in [3.63, 3.8) is 0 Å². The molecule has 27 heavy (non-hydrogen) atoms. The maximum absolute atomic E-state index is 10.8. The molecule has 0 fully saturated rings. The molecule has 3 rings (SSSR count). The number of ether oxygens (including phenoxy) is 1. The third kappa shape index (κ3) is 4.12. The van der Waals surface area contributed by atoms with E-state index < -0.39 is 4.27 Å². The number of phenols is 1. The average Bonchev–Trinajstić information content (AvgIpc) is 2.66. The normalized spacial score (nSPS) is 14.4. The zero-order chi connectivity index (χ0) is 19.4. The van der Waals surface area contributed by atoms with Crippen LogP contribution < -0.4 is 4.74 Å². The maximum Gasteiger partial charge on any atom is 0.227 e. The lowest BCUT2D eigenvalue weighted by atomic mass is 9.92. The monoisotopic (exact) mass is 402 g/mol. The van der Waals surface area contributed by atoms with Crippen molar-refractivity contribution in [1.29, 1.82) is 0 Å². The number of benzene rings is 2. The van der Waals surface area contributed by atoms with E-state index in [1.54, 1.807) is 23.5 Å². The number of fused-ring (bicyclic) bond motifs is 3. The standard InChI is InChI=1S/C23H30O2S2/c1-5-6-7-8-9-10-17-14-20(24)22-18-13-16(2)11-12-19(18)23(26-3,27-4)25-21(22)15-17/h11-15,24H,5-10H2,1-4H3. The molecule has 0 bridgehead atoms. The SMILES string of the molecule is CCCCCCCc1cc(O)c2c(c1)OC(SC)(SC)c1ccc(C)cc1-2. The summed E-state index contributed by atoms with van der Waals surface area (Å²) in [4.78, 5) is 0. The molecule has 1 N–H and O–H groups in total. The van der Waals surface area contributed by atoms with Crippen LogP contribution in [0, 0.1) is 6.92 Å². The van der Waals surface area contributed by atoms with E-state index in [0.717, 1.165) is 40.8 Å². The number of aryl methyl sites for hydroxylation is 2. The van der Waals surface area contributed by atoms with Gasteiger partial charge in [0, 0.05) is 5.56 Å². The van der Waals surface area contributed by atoms with Crippen LogP contribution in [0.15, 0.2) is 30.3 Å². The topological polar surface area (TPSA) is 29.5 Å². The van der Waals surface area contributed by atoms with Gasteiger partial charge in [0.2, 0.25) is 4.27 Å². The van der Waals surface area contributed by atoms with Crippen LogP contribution in [0.5, 0.6) is 11.5 Å². The predicted molar refractivity (Wildman–Crippen MR) is 120 cm³/mol. The molecule has 0 saturated heterocycles. The van der Waals surface area contributed by atoms with Crippen molar-refractivity contribution in [3.8, 4) is 22.6 Å². The molecule has 2 nitrogen and oxygen atoms in total. The van der Waals surface area contributed by atoms with Gasteiger partial charge in [0.1, 0.15) is 11.5 Å². The first-order chi connectivity index (χ1) is 13.0. The summed E-state index contributed by atoms with van der Waals surface area (Å²) in [6, 6.07) is 10.5. The number of aromatic hydroxyl groups is 1. The number of rotatable bonds is 8. The molecule has 4 heteroatoms. The third-order valence-corrected chi connectivity index (χ3v) is 7.95. The molecule has 0 radical (unpaired) electrons. The molecule has 0 spiro atoms. The van der Waals surface area contributed by atoms with Gasteiger partial charge in [-0.2, -0.15) is 0 Å². The third-order valence-electron chi connectivity index (χ3n) is 5.27. The summed E-state index contributed by atoms with van der Waals surface area (Å²) in [5.41, 5.74) is 5.41. The first-order valence-corrected chi connectivity index (χ1v) is 12.3. The number of hydrogen-bond acceptors (Lipinski definition) is 4. The summed E-state index contributed by atoms with van der Waals surface area (Å²) >= 11 is 3.41. The van der Waals surface area contributed by atoms with Gasteiger partial charge in [-0.15, -0.1) is 23.5 Å². The van der Waals surface area contributed by atoms with Crippen LogP contribution in [-0.4, -0.2) is 17.6 Å². The molecule has 1 heterocycles. The van der Waals surface area contributed by atoms with E-state index in [0.29, 0.717) is 5.75 Å². The van der Waals surface area contributed by atoms with E-state index in [1.165, 1.54) is 31.2 Å². The van der Waals surface area contributed by atoms with Crippen molar-refractivity contribution < 1.29 is 9.84 Å². The summed E-state index contributed by atoms with van der Waals surface area (Å²) < 4.78 is 6.05. The summed E-state index contributed by atoms with van der Waals surface area (Å²) in [6.07, 6.45) is 11.4. The molecule has 0 unspecified atom stereocenters. The Morgan fingerprint density at radius 2 is 1.74 bits per heavy atom. The van der Waals surface area contributed by atoms with Crippen molar-refractivity contribution >= 4 is 23.5 Å². The van der Waals surface area contributed by atoms with Crippen molar-refractivity contribution in [3.05, 3.63) is 47.0 Å². The van der Waals surface area contributed by atoms with Crippen LogP contribution in [0.2, 0.25) is 0 Å².